The second-order valence-electron chi connectivity index (χ2n) is 11.3. The summed E-state index contributed by atoms with van der Waals surface area (Å²) in [4.78, 5) is 42.0. The number of unbranched alkanes of at least 4 members (excludes halogenated alkanes) is 2. The highest BCUT2D eigenvalue weighted by Crippen LogP contribution is 2.60. The SMILES string of the molecule is COc1cc2c(Oc3ccc(C4CC4(C(N)=O)C(=O)Nc4ccc(F)cc4)cc3F)ccnc2cc1SCCCCCC(S)C(N)=O. The molecule has 0 radical (unpaired) electrons. The first kappa shape index (κ1) is 34.0. The molecule has 9 nitrogen and oxygen atoms in total. The van der Waals surface area contributed by atoms with E-state index in [1.165, 1.54) is 36.4 Å². The summed E-state index contributed by atoms with van der Waals surface area (Å²) in [5.74, 6) is -1.90. The van der Waals surface area contributed by atoms with Crippen LogP contribution >= 0.6 is 24.4 Å². The van der Waals surface area contributed by atoms with Crippen LogP contribution in [0.4, 0.5) is 14.5 Å². The maximum absolute atomic E-state index is 15.4. The lowest BCUT2D eigenvalue weighted by Crippen LogP contribution is -2.37. The van der Waals surface area contributed by atoms with Crippen molar-refractivity contribution in [3.8, 4) is 17.2 Å². The van der Waals surface area contributed by atoms with E-state index in [0.29, 0.717) is 40.1 Å². The number of hydrogen-bond donors (Lipinski definition) is 4. The Kier molecular flexibility index (Phi) is 10.6. The number of thioether (sulfide) groups is 1. The largest absolute Gasteiger partial charge is 0.496 e. The van der Waals surface area contributed by atoms with Crippen molar-refractivity contribution < 1.29 is 32.6 Å². The maximum Gasteiger partial charge on any atom is 0.240 e. The molecule has 0 aliphatic heterocycles. The predicted octanol–water partition coefficient (Wildman–Crippen LogP) is 6.35. The first-order chi connectivity index (χ1) is 22.5. The third kappa shape index (κ3) is 7.62. The number of ether oxygens (including phenoxy) is 2. The van der Waals surface area contributed by atoms with Crippen LogP contribution in [-0.4, -0.2) is 40.8 Å². The highest BCUT2D eigenvalue weighted by Gasteiger charge is 2.65. The number of nitrogens with one attached hydrogen (secondary N) is 1. The standard InChI is InChI=1S/C34H34F2N4O5S2/c1-44-28-16-22-25(17-30(28)47-14-4-2-3-5-29(46)31(37)41)39-13-12-26(22)45-27-11-6-19(15-24(27)36)23-18-34(23,32(38)42)33(43)40-21-9-7-20(35)8-10-21/h6-13,15-17,23,29,46H,2-5,14,18H2,1H3,(H2,37,41)(H2,38,42)(H,40,43). The number of carbonyl (C=O) groups excluding carboxylic acids is 3. The van der Waals surface area contributed by atoms with E-state index < -0.39 is 45.9 Å². The van der Waals surface area contributed by atoms with Crippen LogP contribution in [-0.2, 0) is 14.4 Å². The van der Waals surface area contributed by atoms with E-state index in [1.54, 1.807) is 43.3 Å². The number of thiol groups is 1. The number of hydrogen-bond acceptors (Lipinski definition) is 8. The number of amides is 3. The zero-order valence-corrected chi connectivity index (χ0v) is 27.2. The van der Waals surface area contributed by atoms with Crippen LogP contribution < -0.4 is 26.3 Å². The van der Waals surface area contributed by atoms with Crippen LogP contribution in [0.2, 0.25) is 0 Å². The number of fused-ring (bicyclic) bond motifs is 1. The topological polar surface area (TPSA) is 147 Å². The Morgan fingerprint density at radius 1 is 1.02 bits per heavy atom. The van der Waals surface area contributed by atoms with Gasteiger partial charge >= 0.3 is 0 Å². The summed E-state index contributed by atoms with van der Waals surface area (Å²) < 4.78 is 40.3. The Labute approximate surface area is 280 Å². The van der Waals surface area contributed by atoms with Gasteiger partial charge in [-0.25, -0.2) is 8.78 Å². The Morgan fingerprint density at radius 3 is 2.47 bits per heavy atom. The average Bonchev–Trinajstić information content (AvgIpc) is 3.82. The van der Waals surface area contributed by atoms with Gasteiger partial charge in [0.1, 0.15) is 22.7 Å². The number of carbonyl (C=O) groups is 3. The summed E-state index contributed by atoms with van der Waals surface area (Å²) in [7, 11) is 1.57. The fourth-order valence-corrected chi connectivity index (χ4v) is 6.67. The molecule has 1 aromatic heterocycles. The number of primary amides is 2. The maximum atomic E-state index is 15.4. The summed E-state index contributed by atoms with van der Waals surface area (Å²) in [6.07, 6.45) is 5.03. The lowest BCUT2D eigenvalue weighted by molar-refractivity contribution is -0.132. The van der Waals surface area contributed by atoms with Gasteiger partial charge < -0.3 is 26.3 Å². The monoisotopic (exact) mass is 680 g/mol. The molecule has 3 aromatic carbocycles. The smallest absolute Gasteiger partial charge is 0.240 e. The van der Waals surface area contributed by atoms with Gasteiger partial charge in [-0.05, 0) is 85.2 Å². The molecule has 5 rings (SSSR count). The Morgan fingerprint density at radius 2 is 1.79 bits per heavy atom. The molecule has 1 fully saturated rings. The molecule has 47 heavy (non-hydrogen) atoms. The lowest BCUT2D eigenvalue weighted by atomic mass is 9.96. The number of methoxy groups -OCH3 is 1. The molecule has 3 atom stereocenters. The zero-order valence-electron chi connectivity index (χ0n) is 25.5. The zero-order chi connectivity index (χ0) is 33.7. The van der Waals surface area contributed by atoms with E-state index >= 15 is 4.39 Å². The van der Waals surface area contributed by atoms with Crippen LogP contribution in [0.5, 0.6) is 17.2 Å². The minimum absolute atomic E-state index is 0.0560. The highest BCUT2D eigenvalue weighted by molar-refractivity contribution is 7.99. The summed E-state index contributed by atoms with van der Waals surface area (Å²) in [5, 5.41) is 2.80. The molecule has 13 heteroatoms. The van der Waals surface area contributed by atoms with E-state index in [2.05, 4.69) is 22.9 Å². The van der Waals surface area contributed by atoms with E-state index in [1.807, 2.05) is 6.07 Å². The van der Waals surface area contributed by atoms with Crippen LogP contribution in [0, 0.1) is 17.0 Å². The summed E-state index contributed by atoms with van der Waals surface area (Å²) in [6.45, 7) is 0. The Bertz CT molecular complexity index is 1810. The third-order valence-corrected chi connectivity index (χ3v) is 9.82. The minimum Gasteiger partial charge on any atom is -0.496 e. The molecular weight excluding hydrogens is 647 g/mol. The van der Waals surface area contributed by atoms with Crippen molar-refractivity contribution in [1.82, 2.24) is 4.98 Å². The molecule has 0 saturated heterocycles. The van der Waals surface area contributed by atoms with Crippen molar-refractivity contribution in [3.63, 3.8) is 0 Å². The molecule has 1 aliphatic rings. The van der Waals surface area contributed by atoms with E-state index in [0.717, 1.165) is 29.9 Å². The van der Waals surface area contributed by atoms with Gasteiger partial charge in [0.05, 0.1) is 22.8 Å². The second-order valence-corrected chi connectivity index (χ2v) is 13.1. The number of nitrogens with zero attached hydrogens (tertiary/aromatic N) is 1. The summed E-state index contributed by atoms with van der Waals surface area (Å²) in [6, 6.07) is 14.7. The number of pyridine rings is 1. The molecule has 3 unspecified atom stereocenters. The van der Waals surface area contributed by atoms with Crippen molar-refractivity contribution in [2.24, 2.45) is 16.9 Å². The quantitative estimate of drug-likeness (QED) is 0.0496. The molecule has 4 aromatic rings. The molecule has 5 N–H and O–H groups in total. The highest BCUT2D eigenvalue weighted by atomic mass is 32.2. The van der Waals surface area contributed by atoms with Gasteiger partial charge in [0.2, 0.25) is 17.7 Å². The van der Waals surface area contributed by atoms with Crippen LogP contribution in [0.1, 0.15) is 43.6 Å². The molecule has 1 aliphatic carbocycles. The van der Waals surface area contributed by atoms with Crippen molar-refractivity contribution in [2.75, 3.05) is 18.2 Å². The van der Waals surface area contributed by atoms with E-state index in [-0.39, 0.29) is 12.2 Å². The van der Waals surface area contributed by atoms with E-state index in [9.17, 15) is 18.8 Å². The molecule has 246 valence electrons. The predicted molar refractivity (Wildman–Crippen MR) is 180 cm³/mol. The molecular formula is C34H34F2N4O5S2. The molecule has 1 saturated carbocycles. The first-order valence-corrected chi connectivity index (χ1v) is 16.4. The van der Waals surface area contributed by atoms with Crippen LogP contribution in [0.3, 0.4) is 0 Å². The Hall–Kier alpha value is -4.36. The fourth-order valence-electron chi connectivity index (χ4n) is 5.44. The van der Waals surface area contributed by atoms with E-state index in [4.69, 9.17) is 20.9 Å². The normalized spacial score (nSPS) is 17.6. The van der Waals surface area contributed by atoms with Crippen molar-refractivity contribution in [3.05, 3.63) is 84.1 Å². The Balaban J connectivity index is 1.27. The van der Waals surface area contributed by atoms with Crippen molar-refractivity contribution >= 4 is 58.7 Å². The van der Waals surface area contributed by atoms with Gasteiger partial charge in [0.15, 0.2) is 11.6 Å². The number of nitrogens with two attached hydrogens (primary N) is 2. The van der Waals surface area contributed by atoms with Crippen molar-refractivity contribution in [2.45, 2.75) is 48.2 Å². The van der Waals surface area contributed by atoms with Gasteiger partial charge in [-0.15, -0.1) is 11.8 Å². The summed E-state index contributed by atoms with van der Waals surface area (Å²) >= 11 is 5.82. The average molecular weight is 681 g/mol. The number of aromatic nitrogens is 1. The van der Waals surface area contributed by atoms with Crippen LogP contribution in [0.15, 0.2) is 71.8 Å². The molecule has 1 heterocycles. The summed E-state index contributed by atoms with van der Waals surface area (Å²) in [5.41, 5.74) is 10.7. The number of anilines is 1. The minimum atomic E-state index is -1.56. The third-order valence-electron chi connectivity index (χ3n) is 8.18. The van der Waals surface area contributed by atoms with Gasteiger partial charge in [-0.1, -0.05) is 18.9 Å². The number of halogens is 2. The fraction of sp³-hybridized carbons (Fsp3) is 0.294. The molecule has 0 spiro atoms. The van der Waals surface area contributed by atoms with Gasteiger partial charge in [-0.3, -0.25) is 19.4 Å². The lowest BCUT2D eigenvalue weighted by Gasteiger charge is -2.15. The first-order valence-electron chi connectivity index (χ1n) is 14.9. The van der Waals surface area contributed by atoms with Gasteiger partial charge in [0, 0.05) is 23.2 Å². The number of benzene rings is 3. The van der Waals surface area contributed by atoms with Gasteiger partial charge in [0.25, 0.3) is 0 Å². The molecule has 3 amide bonds. The van der Waals surface area contributed by atoms with Gasteiger partial charge in [-0.2, -0.15) is 12.6 Å². The van der Waals surface area contributed by atoms with Crippen molar-refractivity contribution in [1.29, 1.82) is 0 Å². The molecule has 0 bridgehead atoms. The number of rotatable bonds is 15. The van der Waals surface area contributed by atoms with Crippen LogP contribution in [0.25, 0.3) is 10.9 Å². The second kappa shape index (κ2) is 14.6.